The minimum atomic E-state index is 0.553. The van der Waals surface area contributed by atoms with Gasteiger partial charge in [-0.2, -0.15) is 0 Å². The van der Waals surface area contributed by atoms with Crippen LogP contribution in [0.15, 0.2) is 12.4 Å². The Bertz CT molecular complexity index is 321. The van der Waals surface area contributed by atoms with E-state index in [1.165, 1.54) is 19.4 Å². The standard InChI is InChI=1S/C12H22N4/c1-3-7-16-9-6-13-12(16)14-11-5-4-8-15(2)10-11/h6,9,11H,3-5,7-8,10H2,1-2H3,(H,13,14). The second kappa shape index (κ2) is 5.34. The van der Waals surface area contributed by atoms with Crippen molar-refractivity contribution in [2.75, 3.05) is 25.5 Å². The molecule has 1 aliphatic rings. The predicted octanol–water partition coefficient (Wildman–Crippen LogP) is 1.80. The number of imidazole rings is 1. The molecule has 0 bridgehead atoms. The SMILES string of the molecule is CCCn1ccnc1NC1CCCN(C)C1. The van der Waals surface area contributed by atoms with Crippen LogP contribution >= 0.6 is 0 Å². The van der Waals surface area contributed by atoms with Crippen LogP contribution in [0, 0.1) is 0 Å². The van der Waals surface area contributed by atoms with Gasteiger partial charge in [0, 0.05) is 31.5 Å². The van der Waals surface area contributed by atoms with E-state index in [0.717, 1.165) is 25.5 Å². The van der Waals surface area contributed by atoms with Gasteiger partial charge in [0.2, 0.25) is 5.95 Å². The fourth-order valence-corrected chi connectivity index (χ4v) is 2.34. The molecule has 0 saturated carbocycles. The number of aryl methyl sites for hydroxylation is 1. The molecule has 1 aliphatic heterocycles. The predicted molar refractivity (Wildman–Crippen MR) is 66.7 cm³/mol. The summed E-state index contributed by atoms with van der Waals surface area (Å²) in [4.78, 5) is 6.77. The summed E-state index contributed by atoms with van der Waals surface area (Å²) in [6, 6.07) is 0.553. The second-order valence-electron chi connectivity index (χ2n) is 4.69. The smallest absolute Gasteiger partial charge is 0.203 e. The second-order valence-corrected chi connectivity index (χ2v) is 4.69. The van der Waals surface area contributed by atoms with Gasteiger partial charge in [-0.1, -0.05) is 6.92 Å². The Morgan fingerprint density at radius 3 is 3.19 bits per heavy atom. The highest BCUT2D eigenvalue weighted by Gasteiger charge is 2.18. The number of rotatable bonds is 4. The van der Waals surface area contributed by atoms with Gasteiger partial charge in [-0.15, -0.1) is 0 Å². The van der Waals surface area contributed by atoms with Crippen LogP contribution in [-0.4, -0.2) is 40.6 Å². The van der Waals surface area contributed by atoms with Crippen molar-refractivity contribution in [2.24, 2.45) is 0 Å². The molecule has 2 rings (SSSR count). The van der Waals surface area contributed by atoms with Gasteiger partial charge < -0.3 is 14.8 Å². The lowest BCUT2D eigenvalue weighted by atomic mass is 10.1. The van der Waals surface area contributed by atoms with Gasteiger partial charge in [0.1, 0.15) is 0 Å². The Balaban J connectivity index is 1.94. The van der Waals surface area contributed by atoms with E-state index < -0.39 is 0 Å². The maximum atomic E-state index is 4.39. The minimum absolute atomic E-state index is 0.553. The summed E-state index contributed by atoms with van der Waals surface area (Å²) in [5.41, 5.74) is 0. The first-order valence-electron chi connectivity index (χ1n) is 6.26. The van der Waals surface area contributed by atoms with Crippen molar-refractivity contribution in [3.63, 3.8) is 0 Å². The molecule has 1 atom stereocenters. The van der Waals surface area contributed by atoms with Gasteiger partial charge in [0.25, 0.3) is 0 Å². The highest BCUT2D eigenvalue weighted by molar-refractivity contribution is 5.28. The highest BCUT2D eigenvalue weighted by Crippen LogP contribution is 2.14. The van der Waals surface area contributed by atoms with Crippen LogP contribution in [0.2, 0.25) is 0 Å². The van der Waals surface area contributed by atoms with E-state index >= 15 is 0 Å². The van der Waals surface area contributed by atoms with Crippen molar-refractivity contribution in [2.45, 2.75) is 38.8 Å². The monoisotopic (exact) mass is 222 g/mol. The molecule has 1 aromatic rings. The normalized spacial score (nSPS) is 22.2. The average molecular weight is 222 g/mol. The van der Waals surface area contributed by atoms with E-state index in [0.29, 0.717) is 6.04 Å². The van der Waals surface area contributed by atoms with Crippen LogP contribution in [0.5, 0.6) is 0 Å². The number of piperidine rings is 1. The molecule has 0 aliphatic carbocycles. The Morgan fingerprint density at radius 1 is 1.56 bits per heavy atom. The molecule has 1 fully saturated rings. The van der Waals surface area contributed by atoms with Crippen LogP contribution in [-0.2, 0) is 6.54 Å². The van der Waals surface area contributed by atoms with Gasteiger partial charge in [-0.05, 0) is 32.9 Å². The first-order valence-corrected chi connectivity index (χ1v) is 6.26. The Hall–Kier alpha value is -1.03. The summed E-state index contributed by atoms with van der Waals surface area (Å²) in [5.74, 6) is 1.03. The van der Waals surface area contributed by atoms with Crippen LogP contribution in [0.3, 0.4) is 0 Å². The molecule has 2 heterocycles. The number of aromatic nitrogens is 2. The molecule has 4 heteroatoms. The number of hydrogen-bond acceptors (Lipinski definition) is 3. The van der Waals surface area contributed by atoms with Gasteiger partial charge >= 0.3 is 0 Å². The molecule has 90 valence electrons. The van der Waals surface area contributed by atoms with E-state index in [1.807, 2.05) is 6.20 Å². The molecular formula is C12H22N4. The van der Waals surface area contributed by atoms with E-state index in [9.17, 15) is 0 Å². The third-order valence-corrected chi connectivity index (χ3v) is 3.14. The van der Waals surface area contributed by atoms with Gasteiger partial charge in [0.15, 0.2) is 0 Å². The van der Waals surface area contributed by atoms with E-state index in [1.54, 1.807) is 0 Å². The Morgan fingerprint density at radius 2 is 2.44 bits per heavy atom. The molecule has 0 aromatic carbocycles. The Kier molecular flexibility index (Phi) is 3.83. The largest absolute Gasteiger partial charge is 0.352 e. The van der Waals surface area contributed by atoms with E-state index in [2.05, 4.69) is 39.9 Å². The van der Waals surface area contributed by atoms with Crippen molar-refractivity contribution in [1.82, 2.24) is 14.5 Å². The van der Waals surface area contributed by atoms with Crippen LogP contribution in [0.1, 0.15) is 26.2 Å². The third kappa shape index (κ3) is 2.76. The number of likely N-dealkylation sites (tertiary alicyclic amines) is 1. The van der Waals surface area contributed by atoms with Crippen LogP contribution < -0.4 is 5.32 Å². The van der Waals surface area contributed by atoms with Crippen molar-refractivity contribution >= 4 is 5.95 Å². The number of nitrogens with zero attached hydrogens (tertiary/aromatic N) is 3. The van der Waals surface area contributed by atoms with Crippen molar-refractivity contribution in [3.05, 3.63) is 12.4 Å². The van der Waals surface area contributed by atoms with Crippen molar-refractivity contribution < 1.29 is 0 Å². The quantitative estimate of drug-likeness (QED) is 0.843. The molecule has 16 heavy (non-hydrogen) atoms. The summed E-state index contributed by atoms with van der Waals surface area (Å²) in [7, 11) is 2.19. The molecule has 1 saturated heterocycles. The number of anilines is 1. The number of nitrogens with one attached hydrogen (secondary N) is 1. The fourth-order valence-electron chi connectivity index (χ4n) is 2.34. The Labute approximate surface area is 97.7 Å². The zero-order valence-electron chi connectivity index (χ0n) is 10.3. The maximum Gasteiger partial charge on any atom is 0.203 e. The summed E-state index contributed by atoms with van der Waals surface area (Å²) in [6.45, 7) is 5.59. The summed E-state index contributed by atoms with van der Waals surface area (Å²) >= 11 is 0. The molecule has 0 amide bonds. The topological polar surface area (TPSA) is 33.1 Å². The van der Waals surface area contributed by atoms with Crippen molar-refractivity contribution in [3.8, 4) is 0 Å². The van der Waals surface area contributed by atoms with Crippen LogP contribution in [0.25, 0.3) is 0 Å². The molecule has 0 spiro atoms. The molecule has 0 radical (unpaired) electrons. The first kappa shape index (κ1) is 11.5. The van der Waals surface area contributed by atoms with Crippen molar-refractivity contribution in [1.29, 1.82) is 0 Å². The lowest BCUT2D eigenvalue weighted by Crippen LogP contribution is -2.40. The van der Waals surface area contributed by atoms with Crippen LogP contribution in [0.4, 0.5) is 5.95 Å². The summed E-state index contributed by atoms with van der Waals surface area (Å²) in [6.07, 6.45) is 7.62. The minimum Gasteiger partial charge on any atom is -0.352 e. The fraction of sp³-hybridized carbons (Fsp3) is 0.750. The van der Waals surface area contributed by atoms with Gasteiger partial charge in [-0.3, -0.25) is 0 Å². The zero-order valence-corrected chi connectivity index (χ0v) is 10.3. The average Bonchev–Trinajstić information content (AvgIpc) is 2.66. The van der Waals surface area contributed by atoms with E-state index in [-0.39, 0.29) is 0 Å². The zero-order chi connectivity index (χ0) is 11.4. The maximum absolute atomic E-state index is 4.39. The first-order chi connectivity index (χ1) is 7.79. The lowest BCUT2D eigenvalue weighted by molar-refractivity contribution is 0.260. The molecule has 4 nitrogen and oxygen atoms in total. The third-order valence-electron chi connectivity index (χ3n) is 3.14. The summed E-state index contributed by atoms with van der Waals surface area (Å²) < 4.78 is 2.20. The highest BCUT2D eigenvalue weighted by atomic mass is 15.2. The van der Waals surface area contributed by atoms with Gasteiger partial charge in [0.05, 0.1) is 0 Å². The number of likely N-dealkylation sites (N-methyl/N-ethyl adjacent to an activating group) is 1. The molecule has 1 unspecified atom stereocenters. The molecule has 1 aromatic heterocycles. The molecular weight excluding hydrogens is 200 g/mol. The van der Waals surface area contributed by atoms with Gasteiger partial charge in [-0.25, -0.2) is 4.98 Å². The molecule has 1 N–H and O–H groups in total. The summed E-state index contributed by atoms with van der Waals surface area (Å²) in [5, 5.41) is 3.55. The number of hydrogen-bond donors (Lipinski definition) is 1. The lowest BCUT2D eigenvalue weighted by Gasteiger charge is -2.30. The van der Waals surface area contributed by atoms with E-state index in [4.69, 9.17) is 0 Å².